The lowest BCUT2D eigenvalue weighted by Gasteiger charge is -2.27. The first-order valence-electron chi connectivity index (χ1n) is 4.52. The molecule has 78 valence electrons. The molecule has 1 aliphatic rings. The zero-order valence-corrected chi connectivity index (χ0v) is 8.41. The minimum atomic E-state index is -1.21. The first kappa shape index (κ1) is 10.8. The van der Waals surface area contributed by atoms with Gasteiger partial charge in [-0.25, -0.2) is 0 Å². The van der Waals surface area contributed by atoms with Gasteiger partial charge in [-0.2, -0.15) is 0 Å². The number of hydrogen-bond donors (Lipinski definition) is 0. The first-order valence-corrected chi connectivity index (χ1v) is 4.52. The predicted octanol–water partition coefficient (Wildman–Crippen LogP) is 1.06. The molecule has 0 saturated heterocycles. The molecule has 0 fully saturated rings. The Labute approximate surface area is 82.9 Å². The molecule has 0 saturated carbocycles. The van der Waals surface area contributed by atoms with Gasteiger partial charge in [0.15, 0.2) is 5.41 Å². The van der Waals surface area contributed by atoms with E-state index in [2.05, 4.69) is 9.47 Å². The average Bonchev–Trinajstić information content (AvgIpc) is 2.27. The smallest absolute Gasteiger partial charge is 0.327 e. The van der Waals surface area contributed by atoms with Crippen molar-refractivity contribution in [2.75, 3.05) is 14.2 Å². The van der Waals surface area contributed by atoms with E-state index in [1.165, 1.54) is 14.2 Å². The molecule has 1 aliphatic carbocycles. The number of hydrogen-bond acceptors (Lipinski definition) is 4. The molecule has 0 aromatic rings. The van der Waals surface area contributed by atoms with Crippen LogP contribution in [0.3, 0.4) is 0 Å². The highest BCUT2D eigenvalue weighted by Crippen LogP contribution is 2.33. The van der Waals surface area contributed by atoms with Gasteiger partial charge in [-0.3, -0.25) is 9.59 Å². The van der Waals surface area contributed by atoms with Gasteiger partial charge in [0.2, 0.25) is 0 Å². The van der Waals surface area contributed by atoms with E-state index in [1.54, 1.807) is 6.08 Å². The maximum atomic E-state index is 11.5. The van der Waals surface area contributed by atoms with Crippen molar-refractivity contribution in [3.8, 4) is 0 Å². The Balaban J connectivity index is 3.00. The molecule has 0 aliphatic heterocycles. The molecule has 0 aromatic heterocycles. The summed E-state index contributed by atoms with van der Waals surface area (Å²) in [6.45, 7) is 0. The van der Waals surface area contributed by atoms with Crippen molar-refractivity contribution in [1.82, 2.24) is 0 Å². The summed E-state index contributed by atoms with van der Waals surface area (Å²) < 4.78 is 9.25. The third kappa shape index (κ3) is 1.64. The summed E-state index contributed by atoms with van der Waals surface area (Å²) in [4.78, 5) is 23.0. The maximum Gasteiger partial charge on any atom is 0.327 e. The van der Waals surface area contributed by atoms with Crippen molar-refractivity contribution < 1.29 is 19.1 Å². The van der Waals surface area contributed by atoms with Crippen LogP contribution in [0.25, 0.3) is 0 Å². The SMILES string of the molecule is COC(=O)C1(C(=O)OC)C=CCCC1. The first-order chi connectivity index (χ1) is 6.67. The predicted molar refractivity (Wildman–Crippen MR) is 49.5 cm³/mol. The highest BCUT2D eigenvalue weighted by molar-refractivity contribution is 6.02. The van der Waals surface area contributed by atoms with Gasteiger partial charge < -0.3 is 9.47 Å². The second-order valence-electron chi connectivity index (χ2n) is 3.25. The minimum absolute atomic E-state index is 0.461. The topological polar surface area (TPSA) is 52.6 Å². The van der Waals surface area contributed by atoms with Gasteiger partial charge in [-0.15, -0.1) is 0 Å². The summed E-state index contributed by atoms with van der Waals surface area (Å²) in [5, 5.41) is 0. The van der Waals surface area contributed by atoms with Crippen LogP contribution in [0.15, 0.2) is 12.2 Å². The van der Waals surface area contributed by atoms with E-state index in [0.29, 0.717) is 6.42 Å². The van der Waals surface area contributed by atoms with Gasteiger partial charge in [0, 0.05) is 0 Å². The summed E-state index contributed by atoms with van der Waals surface area (Å²) in [6.07, 6.45) is 5.55. The third-order valence-electron chi connectivity index (χ3n) is 2.44. The van der Waals surface area contributed by atoms with Crippen LogP contribution in [0.2, 0.25) is 0 Å². The number of carbonyl (C=O) groups is 2. The molecule has 1 rings (SSSR count). The molecule has 0 spiro atoms. The molecule has 0 aromatic carbocycles. The Bertz CT molecular complexity index is 251. The fourth-order valence-electron chi connectivity index (χ4n) is 1.65. The average molecular weight is 198 g/mol. The standard InChI is InChI=1S/C10H14O4/c1-13-8(11)10(9(12)14-2)6-4-3-5-7-10/h4,6H,3,5,7H2,1-2H3. The van der Waals surface area contributed by atoms with E-state index < -0.39 is 17.4 Å². The maximum absolute atomic E-state index is 11.5. The molecule has 4 nitrogen and oxygen atoms in total. The molecular formula is C10H14O4. The minimum Gasteiger partial charge on any atom is -0.468 e. The van der Waals surface area contributed by atoms with Crippen molar-refractivity contribution in [3.63, 3.8) is 0 Å². The van der Waals surface area contributed by atoms with E-state index in [0.717, 1.165) is 12.8 Å². The molecule has 0 atom stereocenters. The zero-order chi connectivity index (χ0) is 10.6. The van der Waals surface area contributed by atoms with E-state index >= 15 is 0 Å². The van der Waals surface area contributed by atoms with Crippen LogP contribution in [0.1, 0.15) is 19.3 Å². The number of carbonyl (C=O) groups excluding carboxylic acids is 2. The number of esters is 2. The van der Waals surface area contributed by atoms with E-state index in [4.69, 9.17) is 0 Å². The van der Waals surface area contributed by atoms with Crippen LogP contribution in [0.5, 0.6) is 0 Å². The Morgan fingerprint density at radius 3 is 2.14 bits per heavy atom. The molecule has 0 N–H and O–H groups in total. The van der Waals surface area contributed by atoms with Gasteiger partial charge in [0.05, 0.1) is 14.2 Å². The zero-order valence-electron chi connectivity index (χ0n) is 8.41. The number of allylic oxidation sites excluding steroid dienone is 1. The summed E-state index contributed by atoms with van der Waals surface area (Å²) >= 11 is 0. The van der Waals surface area contributed by atoms with E-state index in [1.807, 2.05) is 6.08 Å². The lowest BCUT2D eigenvalue weighted by Crippen LogP contribution is -2.40. The van der Waals surface area contributed by atoms with Crippen LogP contribution >= 0.6 is 0 Å². The van der Waals surface area contributed by atoms with E-state index in [9.17, 15) is 9.59 Å². The number of ether oxygens (including phenoxy) is 2. The lowest BCUT2D eigenvalue weighted by atomic mass is 9.79. The second-order valence-corrected chi connectivity index (χ2v) is 3.25. The quantitative estimate of drug-likeness (QED) is 0.378. The number of rotatable bonds is 2. The van der Waals surface area contributed by atoms with Crippen molar-refractivity contribution in [2.45, 2.75) is 19.3 Å². The van der Waals surface area contributed by atoms with Crippen molar-refractivity contribution >= 4 is 11.9 Å². The molecule has 4 heteroatoms. The van der Waals surface area contributed by atoms with Crippen LogP contribution in [-0.2, 0) is 19.1 Å². The summed E-state index contributed by atoms with van der Waals surface area (Å²) in [7, 11) is 2.55. The second kappa shape index (κ2) is 4.26. The Morgan fingerprint density at radius 1 is 1.21 bits per heavy atom. The van der Waals surface area contributed by atoms with Crippen LogP contribution in [0.4, 0.5) is 0 Å². The van der Waals surface area contributed by atoms with Gasteiger partial charge in [0.1, 0.15) is 0 Å². The van der Waals surface area contributed by atoms with Crippen LogP contribution in [-0.4, -0.2) is 26.2 Å². The molecule has 0 amide bonds. The van der Waals surface area contributed by atoms with Crippen molar-refractivity contribution in [3.05, 3.63) is 12.2 Å². The van der Waals surface area contributed by atoms with Gasteiger partial charge in [0.25, 0.3) is 0 Å². The summed E-state index contributed by atoms with van der Waals surface area (Å²) in [6, 6.07) is 0. The molecule has 0 unspecified atom stereocenters. The number of methoxy groups -OCH3 is 2. The van der Waals surface area contributed by atoms with Crippen LogP contribution in [0, 0.1) is 5.41 Å². The lowest BCUT2D eigenvalue weighted by molar-refractivity contribution is -0.165. The summed E-state index contributed by atoms with van der Waals surface area (Å²) in [5.74, 6) is -1.08. The Hall–Kier alpha value is -1.32. The normalized spacial score (nSPS) is 18.7. The summed E-state index contributed by atoms with van der Waals surface area (Å²) in [5.41, 5.74) is -1.21. The fraction of sp³-hybridized carbons (Fsp3) is 0.600. The van der Waals surface area contributed by atoms with Crippen LogP contribution < -0.4 is 0 Å². The largest absolute Gasteiger partial charge is 0.468 e. The molecule has 14 heavy (non-hydrogen) atoms. The van der Waals surface area contributed by atoms with Crippen molar-refractivity contribution in [1.29, 1.82) is 0 Å². The molecular weight excluding hydrogens is 184 g/mol. The van der Waals surface area contributed by atoms with Crippen molar-refractivity contribution in [2.24, 2.45) is 5.41 Å². The highest BCUT2D eigenvalue weighted by atomic mass is 16.5. The molecule has 0 heterocycles. The third-order valence-corrected chi connectivity index (χ3v) is 2.44. The molecule has 0 radical (unpaired) electrons. The Morgan fingerprint density at radius 2 is 1.79 bits per heavy atom. The van der Waals surface area contributed by atoms with Gasteiger partial charge in [-0.1, -0.05) is 12.2 Å². The van der Waals surface area contributed by atoms with Gasteiger partial charge in [-0.05, 0) is 19.3 Å². The molecule has 0 bridgehead atoms. The monoisotopic (exact) mass is 198 g/mol. The van der Waals surface area contributed by atoms with E-state index in [-0.39, 0.29) is 0 Å². The van der Waals surface area contributed by atoms with Gasteiger partial charge >= 0.3 is 11.9 Å². The fourth-order valence-corrected chi connectivity index (χ4v) is 1.65. The Kier molecular flexibility index (Phi) is 3.28. The highest BCUT2D eigenvalue weighted by Gasteiger charge is 2.46.